The summed E-state index contributed by atoms with van der Waals surface area (Å²) in [6, 6.07) is 7.95. The van der Waals surface area contributed by atoms with E-state index in [0.717, 1.165) is 12.1 Å². The molecule has 0 fully saturated rings. The number of anilines is 2. The molecule has 8 nitrogen and oxygen atoms in total. The number of hydrogen-bond acceptors (Lipinski definition) is 7. The van der Waals surface area contributed by atoms with E-state index >= 15 is 0 Å². The Labute approximate surface area is 176 Å². The molecule has 0 saturated heterocycles. The van der Waals surface area contributed by atoms with Crippen LogP contribution in [0.5, 0.6) is 17.2 Å². The fraction of sp³-hybridized carbons (Fsp3) is 0.190. The smallest absolute Gasteiger partial charge is 0.168 e. The summed E-state index contributed by atoms with van der Waals surface area (Å²) >= 11 is 0. The number of halogens is 2. The normalized spacial score (nSPS) is 12.0. The molecule has 2 N–H and O–H groups in total. The zero-order chi connectivity index (χ0) is 22.0. The molecule has 0 aliphatic heterocycles. The maximum Gasteiger partial charge on any atom is 0.168 e. The SMILES string of the molecule is COc1cc(Oc2ccc(F)cc2F)ccc1N(CC(C)O)c1ncnc2[nH]ncc12. The summed E-state index contributed by atoms with van der Waals surface area (Å²) in [6.45, 7) is 1.86. The molecule has 0 bridgehead atoms. The molecule has 0 radical (unpaired) electrons. The number of methoxy groups -OCH3 is 1. The molecule has 2 heterocycles. The summed E-state index contributed by atoms with van der Waals surface area (Å²) in [5.41, 5.74) is 1.14. The molecule has 4 rings (SSSR count). The second-order valence-electron chi connectivity index (χ2n) is 6.80. The number of ether oxygens (including phenoxy) is 2. The van der Waals surface area contributed by atoms with Crippen LogP contribution < -0.4 is 14.4 Å². The number of hydrogen-bond donors (Lipinski definition) is 2. The first-order valence-electron chi connectivity index (χ1n) is 9.37. The van der Waals surface area contributed by atoms with Crippen molar-refractivity contribution in [2.24, 2.45) is 0 Å². The molecule has 2 aromatic carbocycles. The van der Waals surface area contributed by atoms with Gasteiger partial charge in [-0.1, -0.05) is 0 Å². The summed E-state index contributed by atoms with van der Waals surface area (Å²) in [7, 11) is 1.48. The third kappa shape index (κ3) is 4.24. The van der Waals surface area contributed by atoms with Gasteiger partial charge in [-0.3, -0.25) is 5.10 Å². The van der Waals surface area contributed by atoms with E-state index in [4.69, 9.17) is 9.47 Å². The van der Waals surface area contributed by atoms with Gasteiger partial charge in [-0.05, 0) is 31.2 Å². The lowest BCUT2D eigenvalue weighted by molar-refractivity contribution is 0.203. The number of fused-ring (bicyclic) bond motifs is 1. The van der Waals surface area contributed by atoms with Gasteiger partial charge >= 0.3 is 0 Å². The van der Waals surface area contributed by atoms with Gasteiger partial charge in [-0.25, -0.2) is 18.7 Å². The highest BCUT2D eigenvalue weighted by atomic mass is 19.1. The molecule has 1 atom stereocenters. The van der Waals surface area contributed by atoms with Gasteiger partial charge in [0.05, 0.1) is 37.0 Å². The van der Waals surface area contributed by atoms with E-state index in [9.17, 15) is 13.9 Å². The number of nitrogens with one attached hydrogen (secondary N) is 1. The first-order valence-corrected chi connectivity index (χ1v) is 9.37. The Hall–Kier alpha value is -3.79. The van der Waals surface area contributed by atoms with Crippen molar-refractivity contribution >= 4 is 22.5 Å². The Morgan fingerprint density at radius 2 is 1.97 bits per heavy atom. The number of aliphatic hydroxyl groups excluding tert-OH is 1. The largest absolute Gasteiger partial charge is 0.494 e. The molecule has 0 spiro atoms. The average molecular weight is 427 g/mol. The fourth-order valence-electron chi connectivity index (χ4n) is 3.16. The van der Waals surface area contributed by atoms with Crippen LogP contribution in [-0.4, -0.2) is 45.0 Å². The molecule has 160 valence electrons. The van der Waals surface area contributed by atoms with E-state index in [2.05, 4.69) is 20.2 Å². The van der Waals surface area contributed by atoms with E-state index in [1.54, 1.807) is 36.2 Å². The lowest BCUT2D eigenvalue weighted by Gasteiger charge is -2.27. The molecule has 2 aromatic heterocycles. The molecule has 0 aliphatic carbocycles. The van der Waals surface area contributed by atoms with Crippen molar-refractivity contribution in [2.45, 2.75) is 13.0 Å². The van der Waals surface area contributed by atoms with E-state index in [0.29, 0.717) is 34.0 Å². The van der Waals surface area contributed by atoms with Gasteiger partial charge in [0.1, 0.15) is 29.5 Å². The van der Waals surface area contributed by atoms with Crippen LogP contribution in [0.1, 0.15) is 6.92 Å². The first-order chi connectivity index (χ1) is 15.0. The quantitative estimate of drug-likeness (QED) is 0.461. The standard InChI is InChI=1S/C21H19F2N5O3/c1-12(29)10-28(21-15-9-26-27-20(15)24-11-25-21)17-5-4-14(8-19(17)30-2)31-18-6-3-13(22)7-16(18)23/h3-9,11-12,29H,10H2,1-2H3,(H,24,25,26,27). The van der Waals surface area contributed by atoms with Crippen molar-refractivity contribution in [3.8, 4) is 17.2 Å². The number of rotatable bonds is 7. The Bertz CT molecular complexity index is 1210. The van der Waals surface area contributed by atoms with Crippen LogP contribution in [-0.2, 0) is 0 Å². The van der Waals surface area contributed by atoms with Crippen LogP contribution in [0.2, 0.25) is 0 Å². The Balaban J connectivity index is 1.74. The van der Waals surface area contributed by atoms with Crippen molar-refractivity contribution in [1.82, 2.24) is 20.2 Å². The fourth-order valence-corrected chi connectivity index (χ4v) is 3.16. The monoisotopic (exact) mass is 427 g/mol. The third-order valence-electron chi connectivity index (χ3n) is 4.49. The molecular weight excluding hydrogens is 408 g/mol. The summed E-state index contributed by atoms with van der Waals surface area (Å²) in [6.07, 6.45) is 2.30. The van der Waals surface area contributed by atoms with Crippen molar-refractivity contribution in [1.29, 1.82) is 0 Å². The Morgan fingerprint density at radius 1 is 1.13 bits per heavy atom. The second kappa shape index (κ2) is 8.52. The van der Waals surface area contributed by atoms with Gasteiger partial charge in [0.15, 0.2) is 17.2 Å². The van der Waals surface area contributed by atoms with Gasteiger partial charge in [0.25, 0.3) is 0 Å². The van der Waals surface area contributed by atoms with Crippen LogP contribution in [0.4, 0.5) is 20.3 Å². The predicted molar refractivity (Wildman–Crippen MR) is 110 cm³/mol. The highest BCUT2D eigenvalue weighted by Crippen LogP contribution is 2.39. The molecule has 10 heteroatoms. The van der Waals surface area contributed by atoms with Crippen molar-refractivity contribution < 1.29 is 23.4 Å². The van der Waals surface area contributed by atoms with Gasteiger partial charge in [-0.15, -0.1) is 0 Å². The van der Waals surface area contributed by atoms with Gasteiger partial charge in [0, 0.05) is 12.1 Å². The van der Waals surface area contributed by atoms with Gasteiger partial charge in [-0.2, -0.15) is 5.10 Å². The first kappa shape index (κ1) is 20.5. The molecule has 0 aliphatic rings. The van der Waals surface area contributed by atoms with E-state index in [1.165, 1.54) is 19.5 Å². The van der Waals surface area contributed by atoms with Crippen LogP contribution >= 0.6 is 0 Å². The van der Waals surface area contributed by atoms with Crippen molar-refractivity contribution in [3.63, 3.8) is 0 Å². The summed E-state index contributed by atoms with van der Waals surface area (Å²) < 4.78 is 38.2. The summed E-state index contributed by atoms with van der Waals surface area (Å²) in [4.78, 5) is 10.3. The number of aromatic amines is 1. The van der Waals surface area contributed by atoms with E-state index in [1.807, 2.05) is 0 Å². The highest BCUT2D eigenvalue weighted by molar-refractivity contribution is 5.89. The summed E-state index contributed by atoms with van der Waals surface area (Å²) in [5.74, 6) is -0.414. The second-order valence-corrected chi connectivity index (χ2v) is 6.80. The number of aromatic nitrogens is 4. The average Bonchev–Trinajstić information content (AvgIpc) is 3.23. The van der Waals surface area contributed by atoms with Gasteiger partial charge < -0.3 is 19.5 Å². The number of aliphatic hydroxyl groups is 1. The molecule has 4 aromatic rings. The molecule has 0 amide bonds. The number of nitrogens with zero attached hydrogens (tertiary/aromatic N) is 4. The minimum Gasteiger partial charge on any atom is -0.494 e. The van der Waals surface area contributed by atoms with E-state index in [-0.39, 0.29) is 12.3 Å². The zero-order valence-electron chi connectivity index (χ0n) is 16.7. The van der Waals surface area contributed by atoms with Crippen molar-refractivity contribution in [2.75, 3.05) is 18.6 Å². The summed E-state index contributed by atoms with van der Waals surface area (Å²) in [5, 5.41) is 17.5. The lowest BCUT2D eigenvalue weighted by atomic mass is 10.2. The maximum absolute atomic E-state index is 14.0. The minimum atomic E-state index is -0.817. The van der Waals surface area contributed by atoms with Crippen LogP contribution in [0.15, 0.2) is 48.9 Å². The minimum absolute atomic E-state index is 0.118. The van der Waals surface area contributed by atoms with Crippen LogP contribution in [0, 0.1) is 11.6 Å². The highest BCUT2D eigenvalue weighted by Gasteiger charge is 2.21. The number of benzene rings is 2. The van der Waals surface area contributed by atoms with Crippen molar-refractivity contribution in [3.05, 3.63) is 60.6 Å². The maximum atomic E-state index is 14.0. The molecule has 0 saturated carbocycles. The van der Waals surface area contributed by atoms with Crippen LogP contribution in [0.25, 0.3) is 11.0 Å². The zero-order valence-corrected chi connectivity index (χ0v) is 16.7. The topological polar surface area (TPSA) is 96.4 Å². The van der Waals surface area contributed by atoms with Gasteiger partial charge in [0.2, 0.25) is 0 Å². The predicted octanol–water partition coefficient (Wildman–Crippen LogP) is 3.95. The van der Waals surface area contributed by atoms with E-state index < -0.39 is 17.7 Å². The lowest BCUT2D eigenvalue weighted by Crippen LogP contribution is -2.28. The molecular formula is C21H19F2N5O3. The molecule has 31 heavy (non-hydrogen) atoms. The molecule has 1 unspecified atom stereocenters. The van der Waals surface area contributed by atoms with Crippen LogP contribution in [0.3, 0.4) is 0 Å². The Morgan fingerprint density at radius 3 is 2.71 bits per heavy atom. The Kier molecular flexibility index (Phi) is 5.63. The third-order valence-corrected chi connectivity index (χ3v) is 4.49. The number of H-pyrrole nitrogens is 1.